The quantitative estimate of drug-likeness (QED) is 0.674. The Bertz CT molecular complexity index is 619. The molecule has 0 saturated carbocycles. The molecule has 0 heterocycles. The fourth-order valence-electron chi connectivity index (χ4n) is 1.93. The zero-order valence-corrected chi connectivity index (χ0v) is 14.9. The van der Waals surface area contributed by atoms with Gasteiger partial charge in [-0.3, -0.25) is 0 Å². The van der Waals surface area contributed by atoms with Gasteiger partial charge in [-0.15, -0.1) is 0 Å². The first-order valence-electron chi connectivity index (χ1n) is 6.62. The number of hydrogen-bond donors (Lipinski definition) is 1. The minimum absolute atomic E-state index is 0.622. The Kier molecular flexibility index (Phi) is 5.99. The van der Waals surface area contributed by atoms with E-state index in [0.29, 0.717) is 13.2 Å². The summed E-state index contributed by atoms with van der Waals surface area (Å²) in [4.78, 5) is 0. The first kappa shape index (κ1) is 16.2. The smallest absolute Gasteiger partial charge is 0.161 e. The molecule has 0 atom stereocenters. The molecule has 0 fully saturated rings. The van der Waals surface area contributed by atoms with Crippen molar-refractivity contribution in [2.24, 2.45) is 0 Å². The van der Waals surface area contributed by atoms with Gasteiger partial charge in [-0.1, -0.05) is 17.7 Å². The van der Waals surface area contributed by atoms with Gasteiger partial charge in [-0.2, -0.15) is 0 Å². The maximum atomic E-state index is 5.96. The molecule has 112 valence electrons. The van der Waals surface area contributed by atoms with Crippen LogP contribution in [0.4, 0.5) is 5.69 Å². The van der Waals surface area contributed by atoms with Gasteiger partial charge in [0.2, 0.25) is 0 Å². The van der Waals surface area contributed by atoms with Crippen LogP contribution in [0.5, 0.6) is 11.5 Å². The molecule has 3 nitrogen and oxygen atoms in total. The molecule has 21 heavy (non-hydrogen) atoms. The van der Waals surface area contributed by atoms with Gasteiger partial charge in [0.1, 0.15) is 0 Å². The molecule has 5 heteroatoms. The summed E-state index contributed by atoms with van der Waals surface area (Å²) in [6, 6.07) is 11.8. The third-order valence-electron chi connectivity index (χ3n) is 2.94. The summed E-state index contributed by atoms with van der Waals surface area (Å²) < 4.78 is 12.0. The molecule has 0 unspecified atom stereocenters. The SMILES string of the molecule is CCOc1ccc(CNc2ccc(Cl)cc2I)cc1OC. The highest BCUT2D eigenvalue weighted by molar-refractivity contribution is 14.1. The van der Waals surface area contributed by atoms with E-state index in [1.54, 1.807) is 7.11 Å². The van der Waals surface area contributed by atoms with Gasteiger partial charge in [0.05, 0.1) is 13.7 Å². The van der Waals surface area contributed by atoms with Crippen molar-refractivity contribution in [2.75, 3.05) is 19.0 Å². The van der Waals surface area contributed by atoms with Gasteiger partial charge in [-0.05, 0) is 65.4 Å². The van der Waals surface area contributed by atoms with Crippen LogP contribution >= 0.6 is 34.2 Å². The summed E-state index contributed by atoms with van der Waals surface area (Å²) in [5.41, 5.74) is 2.19. The lowest BCUT2D eigenvalue weighted by molar-refractivity contribution is 0.310. The molecule has 0 aliphatic carbocycles. The van der Waals surface area contributed by atoms with Crippen LogP contribution in [0.1, 0.15) is 12.5 Å². The van der Waals surface area contributed by atoms with E-state index in [2.05, 4.69) is 27.9 Å². The number of benzene rings is 2. The Labute approximate surface area is 143 Å². The van der Waals surface area contributed by atoms with E-state index in [1.807, 2.05) is 43.3 Å². The van der Waals surface area contributed by atoms with Gasteiger partial charge in [0.15, 0.2) is 11.5 Å². The van der Waals surface area contributed by atoms with Gasteiger partial charge in [0.25, 0.3) is 0 Å². The minimum Gasteiger partial charge on any atom is -0.493 e. The van der Waals surface area contributed by atoms with E-state index in [-0.39, 0.29) is 0 Å². The molecule has 2 aromatic carbocycles. The molecule has 0 saturated heterocycles. The average molecular weight is 418 g/mol. The molecule has 0 radical (unpaired) electrons. The third-order valence-corrected chi connectivity index (χ3v) is 4.07. The molecular formula is C16H17ClINO2. The zero-order valence-electron chi connectivity index (χ0n) is 12.0. The van der Waals surface area contributed by atoms with E-state index in [1.165, 1.54) is 0 Å². The second kappa shape index (κ2) is 7.75. The van der Waals surface area contributed by atoms with Crippen LogP contribution in [0.15, 0.2) is 36.4 Å². The maximum absolute atomic E-state index is 5.96. The summed E-state index contributed by atoms with van der Waals surface area (Å²) in [7, 11) is 1.65. The van der Waals surface area contributed by atoms with Crippen molar-refractivity contribution in [1.82, 2.24) is 0 Å². The molecule has 0 aliphatic heterocycles. The molecule has 0 aliphatic rings. The predicted octanol–water partition coefficient (Wildman–Crippen LogP) is 4.96. The number of hydrogen-bond acceptors (Lipinski definition) is 3. The first-order chi connectivity index (χ1) is 10.1. The van der Waals surface area contributed by atoms with Crippen LogP contribution in [0.25, 0.3) is 0 Å². The molecule has 2 aromatic rings. The van der Waals surface area contributed by atoms with Crippen molar-refractivity contribution in [1.29, 1.82) is 0 Å². The lowest BCUT2D eigenvalue weighted by Gasteiger charge is -2.13. The highest BCUT2D eigenvalue weighted by Crippen LogP contribution is 2.29. The van der Waals surface area contributed by atoms with Crippen molar-refractivity contribution < 1.29 is 9.47 Å². The highest BCUT2D eigenvalue weighted by atomic mass is 127. The van der Waals surface area contributed by atoms with Crippen LogP contribution in [0, 0.1) is 3.57 Å². The number of nitrogens with one attached hydrogen (secondary N) is 1. The Morgan fingerprint density at radius 2 is 1.95 bits per heavy atom. The average Bonchev–Trinajstić information content (AvgIpc) is 2.47. The van der Waals surface area contributed by atoms with Crippen LogP contribution in [0.2, 0.25) is 5.02 Å². The van der Waals surface area contributed by atoms with Crippen LogP contribution in [-0.4, -0.2) is 13.7 Å². The number of methoxy groups -OCH3 is 1. The van der Waals surface area contributed by atoms with E-state index < -0.39 is 0 Å². The van der Waals surface area contributed by atoms with Crippen molar-refractivity contribution in [3.8, 4) is 11.5 Å². The molecule has 0 amide bonds. The fourth-order valence-corrected chi connectivity index (χ4v) is 2.99. The van der Waals surface area contributed by atoms with Gasteiger partial charge in [0, 0.05) is 20.8 Å². The molecule has 1 N–H and O–H groups in total. The van der Waals surface area contributed by atoms with Crippen molar-refractivity contribution >= 4 is 39.9 Å². The molecular weight excluding hydrogens is 401 g/mol. The van der Waals surface area contributed by atoms with Crippen LogP contribution < -0.4 is 14.8 Å². The lowest BCUT2D eigenvalue weighted by Crippen LogP contribution is -2.02. The normalized spacial score (nSPS) is 10.3. The lowest BCUT2D eigenvalue weighted by atomic mass is 10.2. The van der Waals surface area contributed by atoms with Crippen molar-refractivity contribution in [3.63, 3.8) is 0 Å². The largest absolute Gasteiger partial charge is 0.493 e. The fraction of sp³-hybridized carbons (Fsp3) is 0.250. The predicted molar refractivity (Wildman–Crippen MR) is 95.7 cm³/mol. The van der Waals surface area contributed by atoms with Crippen molar-refractivity contribution in [3.05, 3.63) is 50.6 Å². The zero-order chi connectivity index (χ0) is 15.2. The second-order valence-electron chi connectivity index (χ2n) is 4.40. The van der Waals surface area contributed by atoms with Crippen molar-refractivity contribution in [2.45, 2.75) is 13.5 Å². The van der Waals surface area contributed by atoms with Gasteiger partial charge < -0.3 is 14.8 Å². The van der Waals surface area contributed by atoms with E-state index >= 15 is 0 Å². The van der Waals surface area contributed by atoms with E-state index in [0.717, 1.165) is 31.3 Å². The molecule has 0 bridgehead atoms. The maximum Gasteiger partial charge on any atom is 0.161 e. The second-order valence-corrected chi connectivity index (χ2v) is 5.99. The minimum atomic E-state index is 0.622. The topological polar surface area (TPSA) is 30.5 Å². The van der Waals surface area contributed by atoms with Gasteiger partial charge >= 0.3 is 0 Å². The van der Waals surface area contributed by atoms with Crippen LogP contribution in [-0.2, 0) is 6.54 Å². The Morgan fingerprint density at radius 1 is 1.14 bits per heavy atom. The summed E-state index contributed by atoms with van der Waals surface area (Å²) >= 11 is 8.23. The standard InChI is InChI=1S/C16H17ClINO2/c1-3-21-15-7-4-11(8-16(15)20-2)10-19-14-6-5-12(17)9-13(14)18/h4-9,19H,3,10H2,1-2H3. The highest BCUT2D eigenvalue weighted by Gasteiger charge is 2.06. The van der Waals surface area contributed by atoms with Gasteiger partial charge in [-0.25, -0.2) is 0 Å². The Morgan fingerprint density at radius 3 is 2.62 bits per heavy atom. The van der Waals surface area contributed by atoms with E-state index in [4.69, 9.17) is 21.1 Å². The number of ether oxygens (including phenoxy) is 2. The number of halogens is 2. The summed E-state index contributed by atoms with van der Waals surface area (Å²) in [5.74, 6) is 1.52. The monoisotopic (exact) mass is 417 g/mol. The molecule has 0 spiro atoms. The third kappa shape index (κ3) is 4.41. The molecule has 2 rings (SSSR count). The summed E-state index contributed by atoms with van der Waals surface area (Å²) in [6.45, 7) is 3.29. The first-order valence-corrected chi connectivity index (χ1v) is 8.08. The van der Waals surface area contributed by atoms with E-state index in [9.17, 15) is 0 Å². The Balaban J connectivity index is 2.09. The Hall–Kier alpha value is -1.14. The number of rotatable bonds is 6. The summed E-state index contributed by atoms with van der Waals surface area (Å²) in [6.07, 6.45) is 0. The van der Waals surface area contributed by atoms with Crippen LogP contribution in [0.3, 0.4) is 0 Å². The number of anilines is 1. The molecule has 0 aromatic heterocycles. The summed E-state index contributed by atoms with van der Waals surface area (Å²) in [5, 5.41) is 4.14.